The van der Waals surface area contributed by atoms with Gasteiger partial charge < -0.3 is 10.1 Å². The predicted octanol–water partition coefficient (Wildman–Crippen LogP) is 2.86. The summed E-state index contributed by atoms with van der Waals surface area (Å²) in [6.45, 7) is 3.26. The molecular weight excluding hydrogens is 278 g/mol. The van der Waals surface area contributed by atoms with E-state index in [0.29, 0.717) is 17.7 Å². The van der Waals surface area contributed by atoms with Gasteiger partial charge in [0.25, 0.3) is 6.02 Å². The van der Waals surface area contributed by atoms with Crippen molar-refractivity contribution in [1.29, 1.82) is 0 Å². The Hall–Kier alpha value is -2.24. The zero-order chi connectivity index (χ0) is 15.6. The van der Waals surface area contributed by atoms with Crippen LogP contribution in [-0.4, -0.2) is 18.9 Å². The van der Waals surface area contributed by atoms with E-state index < -0.39 is 17.7 Å². The summed E-state index contributed by atoms with van der Waals surface area (Å²) in [6.07, 6.45) is 0.538. The van der Waals surface area contributed by atoms with Crippen molar-refractivity contribution in [2.45, 2.75) is 26.3 Å². The molecular formula is C15H16F2N2O2. The molecule has 1 aliphatic rings. The zero-order valence-corrected chi connectivity index (χ0v) is 12.0. The lowest BCUT2D eigenvalue weighted by Gasteiger charge is -2.26. The molecule has 1 N–H and O–H groups in total. The standard InChI is InChI=1S/C15H16F2N2O2/c1-4-12-13(8(2)20)14(19-15(18-12)21-3)10-6-5-9(16)7-11(10)17/h5-7,14H,4H2,1-3H3,(H,18,19). The molecule has 0 aliphatic carbocycles. The topological polar surface area (TPSA) is 50.7 Å². The fourth-order valence-corrected chi connectivity index (χ4v) is 2.31. The zero-order valence-electron chi connectivity index (χ0n) is 12.0. The molecule has 112 valence electrons. The molecule has 0 fully saturated rings. The van der Waals surface area contributed by atoms with Gasteiger partial charge in [0.2, 0.25) is 0 Å². The lowest BCUT2D eigenvalue weighted by Crippen LogP contribution is -2.33. The fourth-order valence-electron chi connectivity index (χ4n) is 2.31. The molecule has 1 aromatic rings. The van der Waals surface area contributed by atoms with E-state index in [1.165, 1.54) is 20.1 Å². The third kappa shape index (κ3) is 2.94. The highest BCUT2D eigenvalue weighted by Crippen LogP contribution is 2.33. The molecule has 0 saturated carbocycles. The molecule has 1 aliphatic heterocycles. The van der Waals surface area contributed by atoms with Crippen LogP contribution in [0.5, 0.6) is 0 Å². The van der Waals surface area contributed by atoms with Gasteiger partial charge in [0.15, 0.2) is 5.78 Å². The first-order chi connectivity index (χ1) is 9.97. The highest BCUT2D eigenvalue weighted by molar-refractivity contribution is 5.97. The SMILES string of the molecule is CCC1=C(C(C)=O)C(c2ccc(F)cc2F)N=C(OC)N1. The van der Waals surface area contributed by atoms with Gasteiger partial charge >= 0.3 is 0 Å². The first kappa shape index (κ1) is 15.2. The molecule has 1 aromatic carbocycles. The van der Waals surface area contributed by atoms with Crippen LogP contribution in [0.4, 0.5) is 8.78 Å². The van der Waals surface area contributed by atoms with Crippen LogP contribution in [0.2, 0.25) is 0 Å². The predicted molar refractivity (Wildman–Crippen MR) is 74.7 cm³/mol. The maximum atomic E-state index is 14.0. The van der Waals surface area contributed by atoms with Gasteiger partial charge in [0, 0.05) is 22.9 Å². The number of benzene rings is 1. The largest absolute Gasteiger partial charge is 0.468 e. The minimum Gasteiger partial charge on any atom is -0.468 e. The second-order valence-electron chi connectivity index (χ2n) is 4.63. The average molecular weight is 294 g/mol. The monoisotopic (exact) mass is 294 g/mol. The van der Waals surface area contributed by atoms with E-state index in [-0.39, 0.29) is 17.4 Å². The Labute approximate surface area is 121 Å². The molecule has 0 radical (unpaired) electrons. The van der Waals surface area contributed by atoms with Crippen molar-refractivity contribution in [3.8, 4) is 0 Å². The van der Waals surface area contributed by atoms with Crippen molar-refractivity contribution in [3.63, 3.8) is 0 Å². The number of aliphatic imine (C=N–C) groups is 1. The number of carbonyl (C=O) groups excluding carboxylic acids is 1. The molecule has 4 nitrogen and oxygen atoms in total. The van der Waals surface area contributed by atoms with E-state index in [9.17, 15) is 13.6 Å². The maximum absolute atomic E-state index is 14.0. The molecule has 0 bridgehead atoms. The summed E-state index contributed by atoms with van der Waals surface area (Å²) in [4.78, 5) is 16.1. The van der Waals surface area contributed by atoms with Crippen LogP contribution in [0, 0.1) is 11.6 Å². The second-order valence-corrected chi connectivity index (χ2v) is 4.63. The number of carbonyl (C=O) groups is 1. The van der Waals surface area contributed by atoms with Crippen molar-refractivity contribution >= 4 is 11.8 Å². The minimum atomic E-state index is -0.839. The van der Waals surface area contributed by atoms with Crippen LogP contribution < -0.4 is 5.32 Å². The number of nitrogens with zero attached hydrogens (tertiary/aromatic N) is 1. The number of ether oxygens (including phenoxy) is 1. The molecule has 0 amide bonds. The third-order valence-electron chi connectivity index (χ3n) is 3.29. The van der Waals surface area contributed by atoms with Gasteiger partial charge in [-0.3, -0.25) is 4.79 Å². The van der Waals surface area contributed by atoms with E-state index in [2.05, 4.69) is 10.3 Å². The Balaban J connectivity index is 2.59. The Bertz CT molecular complexity index is 639. The normalized spacial score (nSPS) is 18.1. The lowest BCUT2D eigenvalue weighted by molar-refractivity contribution is -0.114. The highest BCUT2D eigenvalue weighted by Gasteiger charge is 2.30. The van der Waals surface area contributed by atoms with Gasteiger partial charge in [-0.2, -0.15) is 0 Å². The van der Waals surface area contributed by atoms with E-state index in [0.717, 1.165) is 12.1 Å². The fraction of sp³-hybridized carbons (Fsp3) is 0.333. The summed E-state index contributed by atoms with van der Waals surface area (Å²) in [5.41, 5.74) is 1.13. The molecule has 6 heteroatoms. The van der Waals surface area contributed by atoms with Crippen LogP contribution in [-0.2, 0) is 9.53 Å². The summed E-state index contributed by atoms with van der Waals surface area (Å²) in [7, 11) is 1.43. The Morgan fingerprint density at radius 1 is 1.43 bits per heavy atom. The quantitative estimate of drug-likeness (QED) is 0.932. The maximum Gasteiger partial charge on any atom is 0.289 e. The van der Waals surface area contributed by atoms with Crippen LogP contribution in [0.25, 0.3) is 0 Å². The first-order valence-corrected chi connectivity index (χ1v) is 6.55. The van der Waals surface area contributed by atoms with Gasteiger partial charge in [-0.15, -0.1) is 0 Å². The summed E-state index contributed by atoms with van der Waals surface area (Å²) in [5.74, 6) is -1.63. The summed E-state index contributed by atoms with van der Waals surface area (Å²) in [6, 6.07) is 2.59. The molecule has 2 rings (SSSR count). The molecule has 0 aromatic heterocycles. The molecule has 1 heterocycles. The number of amidine groups is 1. The van der Waals surface area contributed by atoms with Gasteiger partial charge in [-0.25, -0.2) is 13.8 Å². The van der Waals surface area contributed by atoms with E-state index in [1.807, 2.05) is 6.92 Å². The average Bonchev–Trinajstić information content (AvgIpc) is 2.45. The number of ketones is 1. The van der Waals surface area contributed by atoms with Crippen molar-refractivity contribution in [3.05, 3.63) is 46.7 Å². The Morgan fingerprint density at radius 2 is 2.14 bits per heavy atom. The third-order valence-corrected chi connectivity index (χ3v) is 3.29. The second kappa shape index (κ2) is 6.03. The summed E-state index contributed by atoms with van der Waals surface area (Å²) < 4.78 is 32.2. The summed E-state index contributed by atoms with van der Waals surface area (Å²) in [5, 5.41) is 2.90. The number of hydrogen-bond acceptors (Lipinski definition) is 4. The van der Waals surface area contributed by atoms with Gasteiger partial charge in [-0.05, 0) is 19.4 Å². The van der Waals surface area contributed by atoms with Crippen LogP contribution in [0.1, 0.15) is 31.9 Å². The minimum absolute atomic E-state index is 0.142. The number of nitrogens with one attached hydrogen (secondary N) is 1. The number of Topliss-reactive ketones (excluding diaryl/α,β-unsaturated/α-hetero) is 1. The van der Waals surface area contributed by atoms with Gasteiger partial charge in [0.05, 0.1) is 7.11 Å². The molecule has 0 spiro atoms. The first-order valence-electron chi connectivity index (χ1n) is 6.55. The van der Waals surface area contributed by atoms with Crippen LogP contribution in [0.3, 0.4) is 0 Å². The number of hydrogen-bond donors (Lipinski definition) is 1. The number of halogens is 2. The smallest absolute Gasteiger partial charge is 0.289 e. The lowest BCUT2D eigenvalue weighted by atomic mass is 9.92. The van der Waals surface area contributed by atoms with Crippen LogP contribution in [0.15, 0.2) is 34.5 Å². The number of methoxy groups -OCH3 is 1. The molecule has 1 unspecified atom stereocenters. The molecule has 21 heavy (non-hydrogen) atoms. The van der Waals surface area contributed by atoms with Crippen molar-refractivity contribution in [2.75, 3.05) is 7.11 Å². The van der Waals surface area contributed by atoms with Crippen molar-refractivity contribution in [2.24, 2.45) is 4.99 Å². The van der Waals surface area contributed by atoms with E-state index in [4.69, 9.17) is 4.74 Å². The Morgan fingerprint density at radius 3 is 2.67 bits per heavy atom. The van der Waals surface area contributed by atoms with Crippen molar-refractivity contribution < 1.29 is 18.3 Å². The Kier molecular flexibility index (Phi) is 4.35. The van der Waals surface area contributed by atoms with E-state index in [1.54, 1.807) is 0 Å². The van der Waals surface area contributed by atoms with Crippen molar-refractivity contribution in [1.82, 2.24) is 5.32 Å². The van der Waals surface area contributed by atoms with Crippen LogP contribution >= 0.6 is 0 Å². The molecule has 1 atom stereocenters. The summed E-state index contributed by atoms with van der Waals surface area (Å²) >= 11 is 0. The molecule has 0 saturated heterocycles. The van der Waals surface area contributed by atoms with E-state index >= 15 is 0 Å². The number of rotatable bonds is 3. The number of allylic oxidation sites excluding steroid dienone is 1. The van der Waals surface area contributed by atoms with Gasteiger partial charge in [0.1, 0.15) is 17.7 Å². The highest BCUT2D eigenvalue weighted by atomic mass is 19.1. The van der Waals surface area contributed by atoms with Gasteiger partial charge in [-0.1, -0.05) is 13.0 Å².